The molecular formula is C15H26N2O3. The van der Waals surface area contributed by atoms with Crippen LogP contribution in [0.5, 0.6) is 0 Å². The molecule has 2 aliphatic rings. The standard InChI is InChI=1S/C15H26N2O3/c1-11(9-15(19)20)8-14(18)17-7-5-13-12(10-17)4-3-6-16(13)2/h11-13H,3-10H2,1-2H3,(H,19,20). The Labute approximate surface area is 120 Å². The Morgan fingerprint density at radius 2 is 2.00 bits per heavy atom. The van der Waals surface area contributed by atoms with Gasteiger partial charge in [0.15, 0.2) is 0 Å². The first kappa shape index (κ1) is 15.3. The molecule has 0 radical (unpaired) electrons. The molecule has 2 saturated heterocycles. The van der Waals surface area contributed by atoms with Gasteiger partial charge in [0, 0.05) is 32.0 Å². The first-order valence-electron chi connectivity index (χ1n) is 7.67. The number of fused-ring (bicyclic) bond motifs is 1. The van der Waals surface area contributed by atoms with E-state index in [9.17, 15) is 9.59 Å². The average molecular weight is 282 g/mol. The van der Waals surface area contributed by atoms with Crippen molar-refractivity contribution in [3.8, 4) is 0 Å². The number of likely N-dealkylation sites (tertiary alicyclic amines) is 2. The zero-order chi connectivity index (χ0) is 14.7. The maximum atomic E-state index is 12.3. The van der Waals surface area contributed by atoms with E-state index < -0.39 is 5.97 Å². The monoisotopic (exact) mass is 282 g/mol. The molecule has 0 aliphatic carbocycles. The predicted molar refractivity (Wildman–Crippen MR) is 76.4 cm³/mol. The van der Waals surface area contributed by atoms with Crippen LogP contribution in [0.4, 0.5) is 0 Å². The Hall–Kier alpha value is -1.10. The second-order valence-corrected chi connectivity index (χ2v) is 6.49. The van der Waals surface area contributed by atoms with E-state index in [-0.39, 0.29) is 18.2 Å². The number of hydrogen-bond acceptors (Lipinski definition) is 3. The predicted octanol–water partition coefficient (Wildman–Crippen LogP) is 1.43. The van der Waals surface area contributed by atoms with Gasteiger partial charge in [0.2, 0.25) is 5.91 Å². The van der Waals surface area contributed by atoms with E-state index in [1.165, 1.54) is 19.4 Å². The van der Waals surface area contributed by atoms with Crippen LogP contribution in [0.2, 0.25) is 0 Å². The van der Waals surface area contributed by atoms with Gasteiger partial charge in [0.25, 0.3) is 0 Å². The van der Waals surface area contributed by atoms with Crippen LogP contribution in [0.25, 0.3) is 0 Å². The van der Waals surface area contributed by atoms with Gasteiger partial charge < -0.3 is 14.9 Å². The van der Waals surface area contributed by atoms with Gasteiger partial charge in [-0.1, -0.05) is 6.92 Å². The number of rotatable bonds is 4. The van der Waals surface area contributed by atoms with Crippen LogP contribution >= 0.6 is 0 Å². The summed E-state index contributed by atoms with van der Waals surface area (Å²) in [6.07, 6.45) is 3.92. The molecule has 5 nitrogen and oxygen atoms in total. The fraction of sp³-hybridized carbons (Fsp3) is 0.867. The lowest BCUT2D eigenvalue weighted by Gasteiger charge is -2.46. The first-order chi connectivity index (χ1) is 9.47. The summed E-state index contributed by atoms with van der Waals surface area (Å²) >= 11 is 0. The average Bonchev–Trinajstić information content (AvgIpc) is 2.37. The summed E-state index contributed by atoms with van der Waals surface area (Å²) in [5.41, 5.74) is 0. The Balaban J connectivity index is 1.85. The van der Waals surface area contributed by atoms with E-state index in [1.54, 1.807) is 0 Å². The van der Waals surface area contributed by atoms with Crippen LogP contribution in [-0.4, -0.2) is 59.5 Å². The third-order valence-corrected chi connectivity index (χ3v) is 4.74. The highest BCUT2D eigenvalue weighted by atomic mass is 16.4. The topological polar surface area (TPSA) is 60.9 Å². The van der Waals surface area contributed by atoms with E-state index in [0.29, 0.717) is 18.4 Å². The summed E-state index contributed by atoms with van der Waals surface area (Å²) < 4.78 is 0. The van der Waals surface area contributed by atoms with Crippen molar-refractivity contribution in [3.63, 3.8) is 0 Å². The molecule has 0 aromatic carbocycles. The van der Waals surface area contributed by atoms with E-state index in [0.717, 1.165) is 19.5 Å². The van der Waals surface area contributed by atoms with Crippen molar-refractivity contribution in [2.75, 3.05) is 26.7 Å². The fourth-order valence-electron chi connectivity index (χ4n) is 3.68. The third kappa shape index (κ3) is 3.72. The Bertz CT molecular complexity index is 372. The molecule has 3 atom stereocenters. The number of carbonyl (C=O) groups is 2. The van der Waals surface area contributed by atoms with Crippen molar-refractivity contribution in [1.29, 1.82) is 0 Å². The van der Waals surface area contributed by atoms with Crippen molar-refractivity contribution in [1.82, 2.24) is 9.80 Å². The molecular weight excluding hydrogens is 256 g/mol. The second-order valence-electron chi connectivity index (χ2n) is 6.49. The zero-order valence-corrected chi connectivity index (χ0v) is 12.5. The summed E-state index contributed by atoms with van der Waals surface area (Å²) in [6, 6.07) is 0.629. The second kappa shape index (κ2) is 6.57. The Morgan fingerprint density at radius 3 is 2.70 bits per heavy atom. The summed E-state index contributed by atoms with van der Waals surface area (Å²) in [5.74, 6) is -0.170. The van der Waals surface area contributed by atoms with Crippen molar-refractivity contribution < 1.29 is 14.7 Å². The molecule has 1 N–H and O–H groups in total. The highest BCUT2D eigenvalue weighted by molar-refractivity contribution is 5.77. The van der Waals surface area contributed by atoms with Gasteiger partial charge in [0.05, 0.1) is 0 Å². The number of carboxylic acids is 1. The molecule has 0 saturated carbocycles. The molecule has 2 heterocycles. The van der Waals surface area contributed by atoms with Gasteiger partial charge in [-0.25, -0.2) is 0 Å². The lowest BCUT2D eigenvalue weighted by Crippen LogP contribution is -2.54. The third-order valence-electron chi connectivity index (χ3n) is 4.74. The molecule has 2 fully saturated rings. The van der Waals surface area contributed by atoms with Gasteiger partial charge in [0.1, 0.15) is 0 Å². The molecule has 5 heteroatoms. The SMILES string of the molecule is CC(CC(=O)O)CC(=O)N1CCC2C(CCCN2C)C1. The molecule has 2 aliphatic heterocycles. The van der Waals surface area contributed by atoms with E-state index >= 15 is 0 Å². The molecule has 3 unspecified atom stereocenters. The number of nitrogens with zero attached hydrogens (tertiary/aromatic N) is 2. The maximum Gasteiger partial charge on any atom is 0.303 e. The molecule has 0 aromatic heterocycles. The molecule has 20 heavy (non-hydrogen) atoms. The molecule has 1 amide bonds. The molecule has 0 aromatic rings. The summed E-state index contributed by atoms with van der Waals surface area (Å²) in [5, 5.41) is 8.76. The van der Waals surface area contributed by atoms with Crippen molar-refractivity contribution in [3.05, 3.63) is 0 Å². The Kier molecular flexibility index (Phi) is 5.02. The zero-order valence-electron chi connectivity index (χ0n) is 12.5. The number of carbonyl (C=O) groups excluding carboxylic acids is 1. The van der Waals surface area contributed by atoms with Crippen LogP contribution in [0.15, 0.2) is 0 Å². The van der Waals surface area contributed by atoms with Crippen LogP contribution in [0.3, 0.4) is 0 Å². The lowest BCUT2D eigenvalue weighted by atomic mass is 9.84. The van der Waals surface area contributed by atoms with Crippen LogP contribution < -0.4 is 0 Å². The quantitative estimate of drug-likeness (QED) is 0.847. The van der Waals surface area contributed by atoms with E-state index in [2.05, 4.69) is 11.9 Å². The van der Waals surface area contributed by atoms with Gasteiger partial charge in [-0.15, -0.1) is 0 Å². The smallest absolute Gasteiger partial charge is 0.303 e. The highest BCUT2D eigenvalue weighted by Crippen LogP contribution is 2.30. The normalized spacial score (nSPS) is 28.8. The lowest BCUT2D eigenvalue weighted by molar-refractivity contribution is -0.139. The maximum absolute atomic E-state index is 12.3. The van der Waals surface area contributed by atoms with Gasteiger partial charge in [-0.3, -0.25) is 9.59 Å². The molecule has 2 rings (SSSR count). The first-order valence-corrected chi connectivity index (χ1v) is 7.67. The van der Waals surface area contributed by atoms with Crippen molar-refractivity contribution in [2.24, 2.45) is 11.8 Å². The van der Waals surface area contributed by atoms with Gasteiger partial charge in [-0.2, -0.15) is 0 Å². The molecule has 0 spiro atoms. The summed E-state index contributed by atoms with van der Waals surface area (Å²) in [4.78, 5) is 27.3. The summed E-state index contributed by atoms with van der Waals surface area (Å²) in [7, 11) is 2.18. The number of carboxylic acid groups (broad SMARTS) is 1. The van der Waals surface area contributed by atoms with E-state index in [1.807, 2.05) is 11.8 Å². The largest absolute Gasteiger partial charge is 0.481 e. The molecule has 0 bridgehead atoms. The van der Waals surface area contributed by atoms with Crippen LogP contribution in [0.1, 0.15) is 39.0 Å². The number of hydrogen-bond donors (Lipinski definition) is 1. The highest BCUT2D eigenvalue weighted by Gasteiger charge is 2.35. The van der Waals surface area contributed by atoms with Crippen LogP contribution in [-0.2, 0) is 9.59 Å². The van der Waals surface area contributed by atoms with Crippen molar-refractivity contribution >= 4 is 11.9 Å². The number of piperidine rings is 2. The fourth-order valence-corrected chi connectivity index (χ4v) is 3.68. The van der Waals surface area contributed by atoms with Gasteiger partial charge in [-0.05, 0) is 44.7 Å². The van der Waals surface area contributed by atoms with Crippen LogP contribution in [0, 0.1) is 11.8 Å². The van der Waals surface area contributed by atoms with Gasteiger partial charge >= 0.3 is 5.97 Å². The molecule has 114 valence electrons. The minimum atomic E-state index is -0.821. The number of amides is 1. The Morgan fingerprint density at radius 1 is 1.25 bits per heavy atom. The summed E-state index contributed by atoms with van der Waals surface area (Å²) in [6.45, 7) is 4.69. The number of aliphatic carboxylic acids is 1. The minimum absolute atomic E-state index is 0.0771. The minimum Gasteiger partial charge on any atom is -0.481 e. The van der Waals surface area contributed by atoms with Crippen molar-refractivity contribution in [2.45, 2.75) is 45.1 Å². The van der Waals surface area contributed by atoms with E-state index in [4.69, 9.17) is 5.11 Å².